The van der Waals surface area contributed by atoms with Crippen molar-refractivity contribution in [2.24, 2.45) is 0 Å². The highest BCUT2D eigenvalue weighted by atomic mass is 32.2. The molecule has 0 fully saturated rings. The third-order valence-corrected chi connectivity index (χ3v) is 2.74. The lowest BCUT2D eigenvalue weighted by Gasteiger charge is -2.04. The van der Waals surface area contributed by atoms with Gasteiger partial charge in [-0.3, -0.25) is 4.79 Å². The molecule has 4 nitrogen and oxygen atoms in total. The van der Waals surface area contributed by atoms with Crippen LogP contribution in [0.25, 0.3) is 0 Å². The maximum absolute atomic E-state index is 11.5. The molecule has 0 aromatic heterocycles. The molecular formula is C11H15NO3S. The van der Waals surface area contributed by atoms with E-state index in [0.29, 0.717) is 5.56 Å². The SMILES string of the molecule is CCc1ccc(C(=O)NCCS(=O)O)cc1. The van der Waals surface area contributed by atoms with Gasteiger partial charge in [0.15, 0.2) is 11.1 Å². The van der Waals surface area contributed by atoms with Crippen LogP contribution in [0.15, 0.2) is 24.3 Å². The molecule has 2 N–H and O–H groups in total. The maximum Gasteiger partial charge on any atom is 0.251 e. The van der Waals surface area contributed by atoms with Crippen molar-refractivity contribution < 1.29 is 13.6 Å². The largest absolute Gasteiger partial charge is 0.351 e. The van der Waals surface area contributed by atoms with Gasteiger partial charge in [-0.25, -0.2) is 4.21 Å². The van der Waals surface area contributed by atoms with Crippen molar-refractivity contribution in [1.29, 1.82) is 0 Å². The van der Waals surface area contributed by atoms with Crippen LogP contribution in [-0.2, 0) is 17.5 Å². The van der Waals surface area contributed by atoms with E-state index in [1.54, 1.807) is 12.1 Å². The molecule has 0 radical (unpaired) electrons. The van der Waals surface area contributed by atoms with Gasteiger partial charge in [-0.15, -0.1) is 0 Å². The Labute approximate surface area is 97.3 Å². The summed E-state index contributed by atoms with van der Waals surface area (Å²) in [5, 5.41) is 2.58. The van der Waals surface area contributed by atoms with Crippen LogP contribution >= 0.6 is 0 Å². The molecule has 0 saturated heterocycles. The number of amides is 1. The summed E-state index contributed by atoms with van der Waals surface area (Å²) < 4.78 is 18.9. The van der Waals surface area contributed by atoms with Crippen molar-refractivity contribution in [2.75, 3.05) is 12.3 Å². The fourth-order valence-corrected chi connectivity index (χ4v) is 1.52. The van der Waals surface area contributed by atoms with Gasteiger partial charge in [0.2, 0.25) is 0 Å². The van der Waals surface area contributed by atoms with Crippen molar-refractivity contribution in [2.45, 2.75) is 13.3 Å². The molecule has 1 atom stereocenters. The second-order valence-corrected chi connectivity index (χ2v) is 4.38. The number of carbonyl (C=O) groups excluding carboxylic acids is 1. The smallest absolute Gasteiger partial charge is 0.251 e. The van der Waals surface area contributed by atoms with Gasteiger partial charge in [-0.05, 0) is 24.1 Å². The van der Waals surface area contributed by atoms with Gasteiger partial charge in [-0.1, -0.05) is 19.1 Å². The number of rotatable bonds is 5. The van der Waals surface area contributed by atoms with Crippen molar-refractivity contribution in [3.05, 3.63) is 35.4 Å². The molecule has 1 rings (SSSR count). The second-order valence-electron chi connectivity index (χ2n) is 3.33. The first-order chi connectivity index (χ1) is 7.63. The minimum atomic E-state index is -1.86. The highest BCUT2D eigenvalue weighted by Crippen LogP contribution is 2.04. The molecule has 0 aliphatic heterocycles. The molecule has 5 heteroatoms. The van der Waals surface area contributed by atoms with Crippen LogP contribution in [0.4, 0.5) is 0 Å². The molecule has 0 bridgehead atoms. The Bertz CT molecular complexity index is 375. The first-order valence-corrected chi connectivity index (χ1v) is 6.35. The topological polar surface area (TPSA) is 66.4 Å². The summed E-state index contributed by atoms with van der Waals surface area (Å²) in [5.41, 5.74) is 1.74. The summed E-state index contributed by atoms with van der Waals surface area (Å²) in [5.74, 6) is -0.160. The molecule has 0 heterocycles. The average Bonchev–Trinajstić information content (AvgIpc) is 2.28. The average molecular weight is 241 g/mol. The van der Waals surface area contributed by atoms with E-state index in [2.05, 4.69) is 5.32 Å². The third-order valence-electron chi connectivity index (χ3n) is 2.19. The molecule has 0 aliphatic carbocycles. The Morgan fingerprint density at radius 2 is 2.00 bits per heavy atom. The fourth-order valence-electron chi connectivity index (χ4n) is 1.25. The van der Waals surface area contributed by atoms with E-state index in [1.165, 1.54) is 5.56 Å². The van der Waals surface area contributed by atoms with Gasteiger partial charge in [0, 0.05) is 12.1 Å². The molecule has 0 aliphatic rings. The van der Waals surface area contributed by atoms with Gasteiger partial charge >= 0.3 is 0 Å². The maximum atomic E-state index is 11.5. The highest BCUT2D eigenvalue weighted by Gasteiger charge is 2.04. The Hall–Kier alpha value is -1.20. The van der Waals surface area contributed by atoms with Crippen LogP contribution in [0, 0.1) is 0 Å². The Morgan fingerprint density at radius 3 is 2.50 bits per heavy atom. The second kappa shape index (κ2) is 6.40. The Morgan fingerprint density at radius 1 is 1.38 bits per heavy atom. The zero-order valence-electron chi connectivity index (χ0n) is 9.10. The molecule has 88 valence electrons. The zero-order chi connectivity index (χ0) is 12.0. The molecule has 1 aromatic carbocycles. The lowest BCUT2D eigenvalue weighted by Crippen LogP contribution is -2.27. The molecule has 16 heavy (non-hydrogen) atoms. The van der Waals surface area contributed by atoms with Gasteiger partial charge in [0.05, 0.1) is 5.75 Å². The predicted molar refractivity (Wildman–Crippen MR) is 63.8 cm³/mol. The highest BCUT2D eigenvalue weighted by molar-refractivity contribution is 7.79. The third kappa shape index (κ3) is 4.12. The number of hydrogen-bond acceptors (Lipinski definition) is 2. The summed E-state index contributed by atoms with van der Waals surface area (Å²) in [4.78, 5) is 11.5. The van der Waals surface area contributed by atoms with Gasteiger partial charge < -0.3 is 9.87 Å². The van der Waals surface area contributed by atoms with Gasteiger partial charge in [0.25, 0.3) is 5.91 Å². The van der Waals surface area contributed by atoms with E-state index in [1.807, 2.05) is 19.1 Å². The van der Waals surface area contributed by atoms with Crippen molar-refractivity contribution >= 4 is 17.0 Å². The van der Waals surface area contributed by atoms with Crippen LogP contribution in [0.2, 0.25) is 0 Å². The van der Waals surface area contributed by atoms with E-state index in [4.69, 9.17) is 4.55 Å². The number of benzene rings is 1. The first kappa shape index (κ1) is 12.9. The minimum Gasteiger partial charge on any atom is -0.351 e. The molecule has 1 aromatic rings. The quantitative estimate of drug-likeness (QED) is 0.761. The van der Waals surface area contributed by atoms with Crippen LogP contribution in [0.3, 0.4) is 0 Å². The van der Waals surface area contributed by atoms with Gasteiger partial charge in [-0.2, -0.15) is 0 Å². The van der Waals surface area contributed by atoms with E-state index >= 15 is 0 Å². The number of aryl methyl sites for hydroxylation is 1. The molecular weight excluding hydrogens is 226 g/mol. The monoisotopic (exact) mass is 241 g/mol. The van der Waals surface area contributed by atoms with E-state index in [9.17, 15) is 9.00 Å². The first-order valence-electron chi connectivity index (χ1n) is 5.08. The van der Waals surface area contributed by atoms with Crippen molar-refractivity contribution in [3.63, 3.8) is 0 Å². The Balaban J connectivity index is 2.49. The van der Waals surface area contributed by atoms with E-state index in [0.717, 1.165) is 6.42 Å². The van der Waals surface area contributed by atoms with E-state index in [-0.39, 0.29) is 18.2 Å². The van der Waals surface area contributed by atoms with Crippen LogP contribution in [0.5, 0.6) is 0 Å². The molecule has 0 spiro atoms. The number of hydrogen-bond donors (Lipinski definition) is 2. The van der Waals surface area contributed by atoms with Crippen LogP contribution in [0.1, 0.15) is 22.8 Å². The van der Waals surface area contributed by atoms with Crippen LogP contribution in [-0.4, -0.2) is 27.0 Å². The summed E-state index contributed by atoms with van der Waals surface area (Å²) in [6.07, 6.45) is 0.936. The molecule has 1 amide bonds. The molecule has 1 unspecified atom stereocenters. The lowest BCUT2D eigenvalue weighted by atomic mass is 10.1. The van der Waals surface area contributed by atoms with E-state index < -0.39 is 11.1 Å². The predicted octanol–water partition coefficient (Wildman–Crippen LogP) is 1.20. The number of nitrogens with one attached hydrogen (secondary N) is 1. The summed E-state index contributed by atoms with van der Waals surface area (Å²) in [6, 6.07) is 7.31. The van der Waals surface area contributed by atoms with Crippen molar-refractivity contribution in [3.8, 4) is 0 Å². The minimum absolute atomic E-state index is 0.0543. The Kier molecular flexibility index (Phi) is 5.14. The number of carbonyl (C=O) groups is 1. The fraction of sp³-hybridized carbons (Fsp3) is 0.364. The summed E-state index contributed by atoms with van der Waals surface area (Å²) >= 11 is -1.86. The normalized spacial score (nSPS) is 12.1. The standard InChI is InChI=1S/C11H15NO3S/c1-2-9-3-5-10(6-4-9)11(13)12-7-8-16(14)15/h3-6H,2,7-8H2,1H3,(H,12,13)(H,14,15). The summed E-state index contributed by atoms with van der Waals surface area (Å²) in [7, 11) is 0. The van der Waals surface area contributed by atoms with Crippen molar-refractivity contribution in [1.82, 2.24) is 5.32 Å². The zero-order valence-corrected chi connectivity index (χ0v) is 9.92. The van der Waals surface area contributed by atoms with Crippen LogP contribution < -0.4 is 5.32 Å². The molecule has 0 saturated carbocycles. The summed E-state index contributed by atoms with van der Waals surface area (Å²) in [6.45, 7) is 2.25. The lowest BCUT2D eigenvalue weighted by molar-refractivity contribution is 0.0956. The van der Waals surface area contributed by atoms with Gasteiger partial charge in [0.1, 0.15) is 0 Å².